The van der Waals surface area contributed by atoms with E-state index < -0.39 is 0 Å². The lowest BCUT2D eigenvalue weighted by Crippen LogP contribution is -2.16. The largest absolute Gasteiger partial charge is 0.382 e. The molecule has 0 aliphatic carbocycles. The minimum absolute atomic E-state index is 0.0517. The highest BCUT2D eigenvalue weighted by atomic mass is 33.1. The molecule has 4 N–H and O–H groups in total. The van der Waals surface area contributed by atoms with Crippen LogP contribution in [-0.2, 0) is 14.1 Å². The van der Waals surface area contributed by atoms with Crippen LogP contribution in [0.25, 0.3) is 22.5 Å². The summed E-state index contributed by atoms with van der Waals surface area (Å²) in [6, 6.07) is 14.7. The molecule has 2 aromatic carbocycles. The van der Waals surface area contributed by atoms with Crippen LogP contribution in [-0.4, -0.2) is 74.5 Å². The van der Waals surface area contributed by atoms with Crippen LogP contribution in [0.1, 0.15) is 99.9 Å². The Hall–Kier alpha value is -4.40. The van der Waals surface area contributed by atoms with Gasteiger partial charge in [0.05, 0.1) is 17.1 Å². The predicted molar refractivity (Wildman–Crippen MR) is 264 cm³/mol. The van der Waals surface area contributed by atoms with Gasteiger partial charge in [0.2, 0.25) is 5.82 Å². The van der Waals surface area contributed by atoms with Crippen molar-refractivity contribution in [3.8, 4) is 22.5 Å². The highest BCUT2D eigenvalue weighted by Gasteiger charge is 2.23. The van der Waals surface area contributed by atoms with Crippen LogP contribution < -0.4 is 16.4 Å². The summed E-state index contributed by atoms with van der Waals surface area (Å²) in [7, 11) is 10.5. The lowest BCUT2D eigenvalue weighted by atomic mass is 10.1. The molecule has 19 heteroatoms. The Morgan fingerprint density at radius 1 is 0.645 bits per heavy atom. The fourth-order valence-corrected chi connectivity index (χ4v) is 12.1. The van der Waals surface area contributed by atoms with Gasteiger partial charge in [-0.2, -0.15) is 0 Å². The molecule has 4 aromatic heterocycles. The first-order valence-corrected chi connectivity index (χ1v) is 26.3. The number of carbonyl (C=O) groups is 4. The summed E-state index contributed by atoms with van der Waals surface area (Å²) >= 11 is 2.75. The van der Waals surface area contributed by atoms with E-state index in [1.54, 1.807) is 84.7 Å². The van der Waals surface area contributed by atoms with Crippen molar-refractivity contribution in [2.45, 2.75) is 69.8 Å². The molecule has 0 saturated carbocycles. The van der Waals surface area contributed by atoms with Gasteiger partial charge in [0.15, 0.2) is 27.4 Å². The first-order chi connectivity index (χ1) is 29.4. The van der Waals surface area contributed by atoms with Crippen molar-refractivity contribution < 1.29 is 19.2 Å². The summed E-state index contributed by atoms with van der Waals surface area (Å²) in [6.45, 7) is 10.5. The standard InChI is InChI=1S/C22H26N4O2S3.C21H25N5O2S3/c1-14-12-26(4)19(23-14)20(28)24-16-8-6-15(7-9-16)17-13-30-21(25-17)18(27)10-11-22(2,3)31-29-5;1-21(2,31-29-4)10-9-16(27)20-24-15(12-30-20)13-5-7-14(8-6-13)23-19(28)18-25-17(22)11-26(18)3/h6-9,12-13H,10-11H2,1-5H3,(H,24,28);5-8,11-12H,9-10,22H2,1-4H3,(H,23,28). The Bertz CT molecular complexity index is 2320. The second kappa shape index (κ2) is 21.8. The zero-order valence-electron chi connectivity index (χ0n) is 36.1. The van der Waals surface area contributed by atoms with E-state index in [4.69, 9.17) is 5.73 Å². The number of aromatic nitrogens is 6. The van der Waals surface area contributed by atoms with Gasteiger partial charge in [-0.3, -0.25) is 19.2 Å². The van der Waals surface area contributed by atoms with Crippen molar-refractivity contribution in [3.63, 3.8) is 0 Å². The van der Waals surface area contributed by atoms with Crippen LogP contribution in [0.2, 0.25) is 0 Å². The number of nitrogen functional groups attached to an aromatic ring is 1. The van der Waals surface area contributed by atoms with Crippen molar-refractivity contribution in [1.29, 1.82) is 0 Å². The fraction of sp³-hybridized carbons (Fsp3) is 0.349. The number of anilines is 3. The molecular weight excluding hydrogens is 899 g/mol. The Labute approximate surface area is 386 Å². The summed E-state index contributed by atoms with van der Waals surface area (Å²) in [5, 5.41) is 10.5. The number of nitrogens with zero attached hydrogens (tertiary/aromatic N) is 6. The summed E-state index contributed by atoms with van der Waals surface area (Å²) in [5.74, 6) is 0.461. The highest BCUT2D eigenvalue weighted by molar-refractivity contribution is 8.77. The molecular formula is C43H51N9O4S6. The van der Waals surface area contributed by atoms with Gasteiger partial charge in [-0.15, -0.1) is 22.7 Å². The average Bonchev–Trinajstić information content (AvgIpc) is 4.04. The number of hydrogen-bond donors (Lipinski definition) is 3. The molecule has 4 heterocycles. The topological polar surface area (TPSA) is 180 Å². The number of aryl methyl sites for hydroxylation is 3. The van der Waals surface area contributed by atoms with Crippen molar-refractivity contribution in [1.82, 2.24) is 29.1 Å². The smallest absolute Gasteiger partial charge is 0.291 e. The number of nitrogens with two attached hydrogens (primary N) is 1. The minimum atomic E-state index is -0.337. The van der Waals surface area contributed by atoms with Gasteiger partial charge in [0, 0.05) is 82.1 Å². The van der Waals surface area contributed by atoms with Gasteiger partial charge in [0.25, 0.3) is 11.8 Å². The molecule has 62 heavy (non-hydrogen) atoms. The Balaban J connectivity index is 0.000000234. The number of Topliss-reactive ketones (excluding diaryl/α,β-unsaturated/α-hetero) is 2. The molecule has 0 aliphatic heterocycles. The highest BCUT2D eigenvalue weighted by Crippen LogP contribution is 2.38. The number of nitrogens with one attached hydrogen (secondary N) is 2. The van der Waals surface area contributed by atoms with Gasteiger partial charge in [-0.1, -0.05) is 67.4 Å². The number of carbonyl (C=O) groups excluding carboxylic acids is 4. The van der Waals surface area contributed by atoms with Crippen LogP contribution in [0.15, 0.2) is 71.7 Å². The van der Waals surface area contributed by atoms with E-state index in [1.165, 1.54) is 22.7 Å². The van der Waals surface area contributed by atoms with Crippen LogP contribution >= 0.6 is 65.8 Å². The van der Waals surface area contributed by atoms with E-state index in [2.05, 4.69) is 64.5 Å². The first-order valence-electron chi connectivity index (χ1n) is 19.4. The summed E-state index contributed by atoms with van der Waals surface area (Å²) < 4.78 is 3.39. The zero-order chi connectivity index (χ0) is 45.2. The molecule has 0 radical (unpaired) electrons. The fourth-order valence-electron chi connectivity index (χ4n) is 6.00. The number of thiazole rings is 2. The molecule has 328 valence electrons. The third-order valence-electron chi connectivity index (χ3n) is 9.19. The van der Waals surface area contributed by atoms with Gasteiger partial charge >= 0.3 is 0 Å². The van der Waals surface area contributed by atoms with Gasteiger partial charge < -0.3 is 25.5 Å². The SMILES string of the molecule is CSSC(C)(C)CCC(=O)c1nc(-c2ccc(NC(=O)c3nc(C)cn3C)cc2)cs1.CSSC(C)(C)CCC(=O)c1nc(-c2ccc(NC(=O)c3nc(N)cn3C)cc2)cs1. The Morgan fingerprint density at radius 2 is 1.05 bits per heavy atom. The van der Waals surface area contributed by atoms with E-state index >= 15 is 0 Å². The summed E-state index contributed by atoms with van der Waals surface area (Å²) in [5.41, 5.74) is 11.0. The zero-order valence-corrected chi connectivity index (χ0v) is 41.0. The maximum atomic E-state index is 12.6. The van der Waals surface area contributed by atoms with Gasteiger partial charge in [-0.25, -0.2) is 19.9 Å². The maximum Gasteiger partial charge on any atom is 0.291 e. The molecule has 0 spiro atoms. The average molecular weight is 950 g/mol. The van der Waals surface area contributed by atoms with Gasteiger partial charge in [-0.05, 0) is 84.2 Å². The number of imidazole rings is 2. The molecule has 0 fully saturated rings. The normalized spacial score (nSPS) is 11.5. The lowest BCUT2D eigenvalue weighted by Gasteiger charge is -2.21. The lowest BCUT2D eigenvalue weighted by molar-refractivity contribution is 0.0969. The number of hydrogen-bond acceptors (Lipinski definition) is 15. The van der Waals surface area contributed by atoms with Crippen LogP contribution in [0.5, 0.6) is 0 Å². The minimum Gasteiger partial charge on any atom is -0.382 e. The molecule has 13 nitrogen and oxygen atoms in total. The second-order valence-electron chi connectivity index (χ2n) is 15.4. The van der Waals surface area contributed by atoms with E-state index in [0.717, 1.165) is 41.1 Å². The monoisotopic (exact) mass is 949 g/mol. The van der Waals surface area contributed by atoms with E-state index in [1.807, 2.05) is 66.5 Å². The molecule has 2 amide bonds. The summed E-state index contributed by atoms with van der Waals surface area (Å²) in [6.07, 6.45) is 10.1. The van der Waals surface area contributed by atoms with Crippen LogP contribution in [0, 0.1) is 6.92 Å². The molecule has 0 bridgehead atoms. The van der Waals surface area contributed by atoms with E-state index in [9.17, 15) is 19.2 Å². The van der Waals surface area contributed by atoms with E-state index in [-0.39, 0.29) is 38.7 Å². The van der Waals surface area contributed by atoms with Gasteiger partial charge in [0.1, 0.15) is 5.82 Å². The van der Waals surface area contributed by atoms with Crippen molar-refractivity contribution in [2.24, 2.45) is 14.1 Å². The molecule has 0 aliphatic rings. The Kier molecular flexibility index (Phi) is 17.1. The number of ketones is 2. The molecule has 0 saturated heterocycles. The molecule has 0 unspecified atom stereocenters. The maximum absolute atomic E-state index is 12.6. The second-order valence-corrected chi connectivity index (χ2v) is 23.3. The third kappa shape index (κ3) is 13.8. The van der Waals surface area contributed by atoms with E-state index in [0.29, 0.717) is 45.9 Å². The van der Waals surface area contributed by atoms with Crippen LogP contribution in [0.4, 0.5) is 17.2 Å². The number of amides is 2. The number of benzene rings is 2. The summed E-state index contributed by atoms with van der Waals surface area (Å²) in [4.78, 5) is 67.2. The van der Waals surface area contributed by atoms with Crippen LogP contribution in [0.3, 0.4) is 0 Å². The molecule has 0 atom stereocenters. The van der Waals surface area contributed by atoms with Crippen molar-refractivity contribution >= 4 is 106 Å². The molecule has 6 rings (SSSR count). The van der Waals surface area contributed by atoms with Crippen molar-refractivity contribution in [3.05, 3.63) is 99.0 Å². The quantitative estimate of drug-likeness (QED) is 0.0548. The number of rotatable bonds is 18. The Morgan fingerprint density at radius 3 is 1.40 bits per heavy atom. The first kappa shape index (κ1) is 48.6. The van der Waals surface area contributed by atoms with Crippen molar-refractivity contribution in [2.75, 3.05) is 28.9 Å². The third-order valence-corrected chi connectivity index (χ3v) is 16.3. The predicted octanol–water partition coefficient (Wildman–Crippen LogP) is 11.0. The molecule has 6 aromatic rings.